The van der Waals surface area contributed by atoms with E-state index in [4.69, 9.17) is 0 Å². The van der Waals surface area contributed by atoms with Crippen molar-refractivity contribution in [1.82, 2.24) is 19.9 Å². The largest absolute Gasteiger partial charge is 0.338 e. The third-order valence-corrected chi connectivity index (χ3v) is 5.07. The average Bonchev–Trinajstić information content (AvgIpc) is 3.25. The molecule has 1 aliphatic heterocycles. The van der Waals surface area contributed by atoms with Gasteiger partial charge in [-0.2, -0.15) is 15.0 Å². The molecule has 1 aromatic heterocycles. The van der Waals surface area contributed by atoms with E-state index in [1.807, 2.05) is 4.90 Å². The summed E-state index contributed by atoms with van der Waals surface area (Å²) in [6, 6.07) is 8.70. The Bertz CT molecular complexity index is 627. The van der Waals surface area contributed by atoms with Crippen molar-refractivity contribution in [3.8, 4) is 0 Å². The van der Waals surface area contributed by atoms with E-state index in [9.17, 15) is 4.79 Å². The molecule has 0 saturated carbocycles. The Kier molecular flexibility index (Phi) is 5.33. The van der Waals surface area contributed by atoms with Gasteiger partial charge in [-0.25, -0.2) is 0 Å². The van der Waals surface area contributed by atoms with Gasteiger partial charge in [0.2, 0.25) is 5.91 Å². The maximum atomic E-state index is 12.6. The Balaban J connectivity index is 1.54. The maximum Gasteiger partial charge on any atom is 0.223 e. The first kappa shape index (κ1) is 16.1. The number of amides is 1. The highest BCUT2D eigenvalue weighted by Crippen LogP contribution is 2.21. The van der Waals surface area contributed by atoms with E-state index >= 15 is 0 Å². The number of carbonyl (C=O) groups is 1. The minimum absolute atomic E-state index is 0.230. The number of carbonyl (C=O) groups excluding carboxylic acids is 1. The van der Waals surface area contributed by atoms with Crippen LogP contribution in [0.15, 0.2) is 41.6 Å². The summed E-state index contributed by atoms with van der Waals surface area (Å²) in [6.07, 6.45) is 8.91. The van der Waals surface area contributed by atoms with Gasteiger partial charge in [-0.3, -0.25) is 4.79 Å². The third-order valence-electron chi connectivity index (χ3n) is 4.32. The second kappa shape index (κ2) is 7.64. The van der Waals surface area contributed by atoms with Gasteiger partial charge < -0.3 is 4.90 Å². The second-order valence-corrected chi connectivity index (χ2v) is 6.69. The highest BCUT2D eigenvalue weighted by atomic mass is 32.2. The first-order valence-electron chi connectivity index (χ1n) is 8.03. The number of hydrogen-bond donors (Lipinski definition) is 0. The van der Waals surface area contributed by atoms with Crippen LogP contribution in [0.1, 0.15) is 24.8 Å². The van der Waals surface area contributed by atoms with Gasteiger partial charge in [0, 0.05) is 17.9 Å². The first-order chi connectivity index (χ1) is 11.3. The fourth-order valence-corrected chi connectivity index (χ4v) is 3.48. The normalized spacial score (nSPS) is 17.6. The lowest BCUT2D eigenvalue weighted by Crippen LogP contribution is -2.38. The minimum Gasteiger partial charge on any atom is -0.338 e. The van der Waals surface area contributed by atoms with E-state index in [0.29, 0.717) is 13.0 Å². The molecule has 0 radical (unpaired) electrons. The number of aromatic nitrogens is 3. The number of likely N-dealkylation sites (tertiary alicyclic amines) is 1. The molecular formula is C17H22N4OS. The molecule has 1 fully saturated rings. The highest BCUT2D eigenvalue weighted by Gasteiger charge is 2.28. The number of benzene rings is 1. The topological polar surface area (TPSA) is 51.0 Å². The van der Waals surface area contributed by atoms with Crippen molar-refractivity contribution in [3.63, 3.8) is 0 Å². The molecule has 1 saturated heterocycles. The lowest BCUT2D eigenvalue weighted by Gasteiger charge is -2.24. The molecule has 1 aromatic carbocycles. The molecule has 0 N–H and O–H groups in total. The molecule has 0 spiro atoms. The van der Waals surface area contributed by atoms with Crippen LogP contribution in [0.3, 0.4) is 0 Å². The lowest BCUT2D eigenvalue weighted by molar-refractivity contribution is -0.132. The van der Waals surface area contributed by atoms with E-state index in [1.165, 1.54) is 10.5 Å². The third kappa shape index (κ3) is 4.13. The Hall–Kier alpha value is -1.82. The van der Waals surface area contributed by atoms with E-state index in [-0.39, 0.29) is 11.9 Å². The molecule has 6 heteroatoms. The summed E-state index contributed by atoms with van der Waals surface area (Å²) in [5.41, 5.74) is 1.22. The first-order valence-corrected chi connectivity index (χ1v) is 9.25. The zero-order chi connectivity index (χ0) is 16.1. The summed E-state index contributed by atoms with van der Waals surface area (Å²) in [7, 11) is 0. The van der Waals surface area contributed by atoms with Crippen LogP contribution in [0.4, 0.5) is 0 Å². The molecule has 2 heterocycles. The van der Waals surface area contributed by atoms with E-state index < -0.39 is 0 Å². The van der Waals surface area contributed by atoms with Gasteiger partial charge in [0.25, 0.3) is 0 Å². The zero-order valence-corrected chi connectivity index (χ0v) is 14.2. The molecule has 1 aliphatic rings. The van der Waals surface area contributed by atoms with Crippen LogP contribution in [0.5, 0.6) is 0 Å². The van der Waals surface area contributed by atoms with Crippen LogP contribution in [0.25, 0.3) is 0 Å². The predicted molar refractivity (Wildman–Crippen MR) is 91.3 cm³/mol. The average molecular weight is 330 g/mol. The molecule has 1 unspecified atom stereocenters. The predicted octanol–water partition coefficient (Wildman–Crippen LogP) is 2.62. The molecule has 3 rings (SSSR count). The quantitative estimate of drug-likeness (QED) is 0.764. The van der Waals surface area contributed by atoms with E-state index in [1.54, 1.807) is 29.0 Å². The summed E-state index contributed by atoms with van der Waals surface area (Å²) < 4.78 is 0. The zero-order valence-electron chi connectivity index (χ0n) is 13.4. The summed E-state index contributed by atoms with van der Waals surface area (Å²) in [6.45, 7) is 1.55. The summed E-state index contributed by atoms with van der Waals surface area (Å²) in [5, 5.41) is 8.30. The number of nitrogens with zero attached hydrogens (tertiary/aromatic N) is 4. The van der Waals surface area contributed by atoms with Crippen molar-refractivity contribution in [1.29, 1.82) is 0 Å². The Morgan fingerprint density at radius 2 is 2.00 bits per heavy atom. The standard InChI is InChI=1S/C17H22N4OS/c1-23-16-7-4-14(5-8-16)6-9-17(22)20-12-2-3-15(20)13-21-18-10-11-19-21/h4-5,7-8,10-11,15H,2-3,6,9,12-13H2,1H3. The van der Waals surface area contributed by atoms with Gasteiger partial charge >= 0.3 is 0 Å². The van der Waals surface area contributed by atoms with Crippen molar-refractivity contribution in [2.24, 2.45) is 0 Å². The summed E-state index contributed by atoms with van der Waals surface area (Å²) in [4.78, 5) is 17.5. The molecule has 0 aliphatic carbocycles. The summed E-state index contributed by atoms with van der Waals surface area (Å²) in [5.74, 6) is 0.244. The molecule has 23 heavy (non-hydrogen) atoms. The minimum atomic E-state index is 0.230. The molecule has 1 atom stereocenters. The smallest absolute Gasteiger partial charge is 0.223 e. The number of aryl methyl sites for hydroxylation is 1. The van der Waals surface area contributed by atoms with Gasteiger partial charge in [0.15, 0.2) is 0 Å². The van der Waals surface area contributed by atoms with Gasteiger partial charge in [0.05, 0.1) is 25.0 Å². The molecule has 2 aromatic rings. The fraction of sp³-hybridized carbons (Fsp3) is 0.471. The Morgan fingerprint density at radius 3 is 2.70 bits per heavy atom. The van der Waals surface area contributed by atoms with Crippen LogP contribution >= 0.6 is 11.8 Å². The van der Waals surface area contributed by atoms with Crippen molar-refractivity contribution < 1.29 is 4.79 Å². The molecule has 122 valence electrons. The molecule has 1 amide bonds. The molecule has 5 nitrogen and oxygen atoms in total. The van der Waals surface area contributed by atoms with Gasteiger partial charge in [-0.15, -0.1) is 11.8 Å². The van der Waals surface area contributed by atoms with E-state index in [2.05, 4.69) is 40.7 Å². The Labute approximate surface area is 141 Å². The van der Waals surface area contributed by atoms with Gasteiger partial charge in [-0.05, 0) is 43.2 Å². The van der Waals surface area contributed by atoms with Crippen molar-refractivity contribution in [2.45, 2.75) is 43.2 Å². The van der Waals surface area contributed by atoms with Crippen LogP contribution in [-0.2, 0) is 17.8 Å². The van der Waals surface area contributed by atoms with Gasteiger partial charge in [0.1, 0.15) is 0 Å². The van der Waals surface area contributed by atoms with Crippen LogP contribution in [0.2, 0.25) is 0 Å². The number of thioether (sulfide) groups is 1. The summed E-state index contributed by atoms with van der Waals surface area (Å²) >= 11 is 1.73. The van der Waals surface area contributed by atoms with Crippen LogP contribution < -0.4 is 0 Å². The van der Waals surface area contributed by atoms with Crippen LogP contribution in [-0.4, -0.2) is 44.6 Å². The van der Waals surface area contributed by atoms with Crippen molar-refractivity contribution in [2.75, 3.05) is 12.8 Å². The van der Waals surface area contributed by atoms with Crippen molar-refractivity contribution in [3.05, 3.63) is 42.2 Å². The second-order valence-electron chi connectivity index (χ2n) is 5.82. The SMILES string of the molecule is CSc1ccc(CCC(=O)N2CCCC2Cn2nccn2)cc1. The van der Waals surface area contributed by atoms with Crippen molar-refractivity contribution >= 4 is 17.7 Å². The highest BCUT2D eigenvalue weighted by molar-refractivity contribution is 7.98. The molecule has 0 bridgehead atoms. The fourth-order valence-electron chi connectivity index (χ4n) is 3.07. The number of hydrogen-bond acceptors (Lipinski definition) is 4. The van der Waals surface area contributed by atoms with Gasteiger partial charge in [-0.1, -0.05) is 12.1 Å². The lowest BCUT2D eigenvalue weighted by atomic mass is 10.1. The van der Waals surface area contributed by atoms with E-state index in [0.717, 1.165) is 25.8 Å². The Morgan fingerprint density at radius 1 is 1.26 bits per heavy atom. The number of rotatable bonds is 6. The maximum absolute atomic E-state index is 12.6. The monoisotopic (exact) mass is 330 g/mol. The molecular weight excluding hydrogens is 308 g/mol. The van der Waals surface area contributed by atoms with Crippen LogP contribution in [0, 0.1) is 0 Å².